The van der Waals surface area contributed by atoms with Crippen molar-refractivity contribution < 1.29 is 9.90 Å². The molecule has 1 aromatic heterocycles. The lowest BCUT2D eigenvalue weighted by atomic mass is 9.97. The molecule has 3 heterocycles. The average Bonchev–Trinajstić information content (AvgIpc) is 3.19. The summed E-state index contributed by atoms with van der Waals surface area (Å²) in [6, 6.07) is 3.55. The maximum atomic E-state index is 12.5. The molecule has 0 aromatic carbocycles. The Morgan fingerprint density at radius 2 is 2.00 bits per heavy atom. The van der Waals surface area contributed by atoms with Crippen molar-refractivity contribution in [2.75, 3.05) is 29.9 Å². The molecule has 2 aliphatic rings. The Hall–Kier alpha value is -1.82. The van der Waals surface area contributed by atoms with E-state index in [1.54, 1.807) is 24.9 Å². The van der Waals surface area contributed by atoms with Crippen molar-refractivity contribution in [3.05, 3.63) is 18.3 Å². The number of likely N-dealkylation sites (tertiary alicyclic amines) is 1. The van der Waals surface area contributed by atoms with Gasteiger partial charge in [0.05, 0.1) is 23.5 Å². The highest BCUT2D eigenvalue weighted by Gasteiger charge is 2.38. The van der Waals surface area contributed by atoms with Gasteiger partial charge in [-0.3, -0.25) is 0 Å². The summed E-state index contributed by atoms with van der Waals surface area (Å²) in [6.45, 7) is 6.31. The zero-order valence-corrected chi connectivity index (χ0v) is 14.0. The molecule has 0 spiro atoms. The first-order valence-corrected chi connectivity index (χ1v) is 8.46. The van der Waals surface area contributed by atoms with Gasteiger partial charge in [-0.25, -0.2) is 9.78 Å². The number of aromatic nitrogens is 1. The van der Waals surface area contributed by atoms with Crippen molar-refractivity contribution in [2.24, 2.45) is 0 Å². The van der Waals surface area contributed by atoms with Crippen molar-refractivity contribution in [1.29, 1.82) is 0 Å². The van der Waals surface area contributed by atoms with E-state index in [0.717, 1.165) is 31.7 Å². The molecule has 3 rings (SSSR count). The van der Waals surface area contributed by atoms with Crippen molar-refractivity contribution >= 4 is 17.5 Å². The normalized spacial score (nSPS) is 21.8. The van der Waals surface area contributed by atoms with Crippen LogP contribution in [0.15, 0.2) is 18.3 Å². The van der Waals surface area contributed by atoms with Crippen LogP contribution in [0.25, 0.3) is 0 Å². The predicted octanol–water partition coefficient (Wildman–Crippen LogP) is 2.45. The minimum atomic E-state index is -0.883. The summed E-state index contributed by atoms with van der Waals surface area (Å²) in [5.74, 6) is 0.969. The van der Waals surface area contributed by atoms with Gasteiger partial charge >= 0.3 is 6.03 Å². The Morgan fingerprint density at radius 3 is 2.61 bits per heavy atom. The number of rotatable bonds is 3. The predicted molar refractivity (Wildman–Crippen MR) is 90.7 cm³/mol. The Balaban J connectivity index is 1.63. The zero-order chi connectivity index (χ0) is 16.4. The van der Waals surface area contributed by atoms with Crippen molar-refractivity contribution in [3.63, 3.8) is 0 Å². The van der Waals surface area contributed by atoms with E-state index in [-0.39, 0.29) is 12.1 Å². The Kier molecular flexibility index (Phi) is 4.43. The van der Waals surface area contributed by atoms with E-state index in [4.69, 9.17) is 0 Å². The van der Waals surface area contributed by atoms with Crippen molar-refractivity contribution in [2.45, 2.75) is 51.2 Å². The number of nitrogens with zero attached hydrogens (tertiary/aromatic N) is 3. The molecular formula is C17H26N4O2. The summed E-state index contributed by atoms with van der Waals surface area (Å²) >= 11 is 0. The topological polar surface area (TPSA) is 68.7 Å². The van der Waals surface area contributed by atoms with E-state index in [2.05, 4.69) is 15.2 Å². The van der Waals surface area contributed by atoms with E-state index in [0.29, 0.717) is 12.2 Å². The van der Waals surface area contributed by atoms with Gasteiger partial charge in [0.2, 0.25) is 0 Å². The number of carbonyl (C=O) groups excluding carboxylic acids is 1. The van der Waals surface area contributed by atoms with E-state index in [9.17, 15) is 9.90 Å². The van der Waals surface area contributed by atoms with Crippen LogP contribution in [0.3, 0.4) is 0 Å². The average molecular weight is 318 g/mol. The fourth-order valence-corrected chi connectivity index (χ4v) is 3.53. The van der Waals surface area contributed by atoms with Crippen LogP contribution in [0, 0.1) is 0 Å². The quantitative estimate of drug-likeness (QED) is 0.898. The molecule has 2 saturated heterocycles. The number of pyridine rings is 1. The maximum Gasteiger partial charge on any atom is 0.322 e. The molecule has 1 aromatic rings. The third kappa shape index (κ3) is 3.58. The number of amides is 2. The van der Waals surface area contributed by atoms with Gasteiger partial charge in [-0.15, -0.1) is 0 Å². The summed E-state index contributed by atoms with van der Waals surface area (Å²) < 4.78 is 0. The Bertz CT molecular complexity index is 547. The van der Waals surface area contributed by atoms with E-state index in [1.807, 2.05) is 12.1 Å². The molecule has 1 unspecified atom stereocenters. The molecule has 126 valence electrons. The minimum absolute atomic E-state index is 0.140. The van der Waals surface area contributed by atoms with Crippen molar-refractivity contribution in [3.8, 4) is 0 Å². The summed E-state index contributed by atoms with van der Waals surface area (Å²) in [4.78, 5) is 20.9. The smallest absolute Gasteiger partial charge is 0.322 e. The molecule has 6 nitrogen and oxygen atoms in total. The number of hydrogen-bond acceptors (Lipinski definition) is 4. The summed E-state index contributed by atoms with van der Waals surface area (Å²) in [5.41, 5.74) is -0.189. The first-order chi connectivity index (χ1) is 10.9. The van der Waals surface area contributed by atoms with Gasteiger partial charge < -0.3 is 20.2 Å². The second kappa shape index (κ2) is 6.35. The van der Waals surface area contributed by atoms with E-state index in [1.165, 1.54) is 12.8 Å². The maximum absolute atomic E-state index is 12.5. The molecule has 2 amide bonds. The van der Waals surface area contributed by atoms with Gasteiger partial charge in [-0.1, -0.05) is 0 Å². The second-order valence-electron chi connectivity index (χ2n) is 7.03. The van der Waals surface area contributed by atoms with Crippen LogP contribution in [0.2, 0.25) is 0 Å². The van der Waals surface area contributed by atoms with Crippen LogP contribution in [-0.4, -0.2) is 52.3 Å². The van der Waals surface area contributed by atoms with Gasteiger partial charge in [-0.2, -0.15) is 0 Å². The Labute approximate surface area is 137 Å². The van der Waals surface area contributed by atoms with Crippen LogP contribution in [0.5, 0.6) is 0 Å². The molecule has 1 atom stereocenters. The lowest BCUT2D eigenvalue weighted by Gasteiger charge is -2.33. The second-order valence-corrected chi connectivity index (χ2v) is 7.03. The standard InChI is InChI=1S/C17H26N4O2/c1-17(2,23)14-6-5-11-21(14)16(22)19-13-7-8-15(18-12-13)20-9-3-4-10-20/h7-8,12,14,23H,3-6,9-11H2,1-2H3,(H,19,22). The fraction of sp³-hybridized carbons (Fsp3) is 0.647. The lowest BCUT2D eigenvalue weighted by Crippen LogP contribution is -2.49. The van der Waals surface area contributed by atoms with E-state index >= 15 is 0 Å². The lowest BCUT2D eigenvalue weighted by molar-refractivity contribution is 0.0117. The molecule has 0 bridgehead atoms. The highest BCUT2D eigenvalue weighted by atomic mass is 16.3. The number of anilines is 2. The van der Waals surface area contributed by atoms with Gasteiger partial charge in [0.1, 0.15) is 5.82 Å². The SMILES string of the molecule is CC(C)(O)C1CCCN1C(=O)Nc1ccc(N2CCCC2)nc1. The van der Waals surface area contributed by atoms with Gasteiger partial charge in [0.25, 0.3) is 0 Å². The number of hydrogen-bond donors (Lipinski definition) is 2. The first-order valence-electron chi connectivity index (χ1n) is 8.46. The number of nitrogens with one attached hydrogen (secondary N) is 1. The van der Waals surface area contributed by atoms with Crippen LogP contribution in [-0.2, 0) is 0 Å². The third-order valence-corrected chi connectivity index (χ3v) is 4.76. The number of carbonyl (C=O) groups is 1. The molecule has 0 aliphatic carbocycles. The molecular weight excluding hydrogens is 292 g/mol. The molecule has 0 radical (unpaired) electrons. The summed E-state index contributed by atoms with van der Waals surface area (Å²) in [5, 5.41) is 13.1. The highest BCUT2D eigenvalue weighted by molar-refractivity contribution is 5.89. The molecule has 2 aliphatic heterocycles. The van der Waals surface area contributed by atoms with Crippen LogP contribution < -0.4 is 10.2 Å². The number of aliphatic hydroxyl groups is 1. The fourth-order valence-electron chi connectivity index (χ4n) is 3.53. The molecule has 2 fully saturated rings. The first kappa shape index (κ1) is 16.1. The zero-order valence-electron chi connectivity index (χ0n) is 14.0. The number of urea groups is 1. The van der Waals surface area contributed by atoms with Crippen LogP contribution >= 0.6 is 0 Å². The van der Waals surface area contributed by atoms with Gasteiger partial charge in [0, 0.05) is 19.6 Å². The summed E-state index contributed by atoms with van der Waals surface area (Å²) in [7, 11) is 0. The molecule has 23 heavy (non-hydrogen) atoms. The van der Waals surface area contributed by atoms with Gasteiger partial charge in [-0.05, 0) is 51.7 Å². The molecule has 0 saturated carbocycles. The molecule has 6 heteroatoms. The largest absolute Gasteiger partial charge is 0.388 e. The summed E-state index contributed by atoms with van der Waals surface area (Å²) in [6.07, 6.45) is 5.90. The van der Waals surface area contributed by atoms with Crippen molar-refractivity contribution in [1.82, 2.24) is 9.88 Å². The van der Waals surface area contributed by atoms with Gasteiger partial charge in [0.15, 0.2) is 0 Å². The minimum Gasteiger partial charge on any atom is -0.388 e. The molecule has 2 N–H and O–H groups in total. The monoisotopic (exact) mass is 318 g/mol. The van der Waals surface area contributed by atoms with E-state index < -0.39 is 5.60 Å². The highest BCUT2D eigenvalue weighted by Crippen LogP contribution is 2.27. The van der Waals surface area contributed by atoms with Crippen LogP contribution in [0.4, 0.5) is 16.3 Å². The van der Waals surface area contributed by atoms with Crippen LogP contribution in [0.1, 0.15) is 39.5 Å². The third-order valence-electron chi connectivity index (χ3n) is 4.76. The Morgan fingerprint density at radius 1 is 1.26 bits per heavy atom.